The Hall–Kier alpha value is -3.59. The summed E-state index contributed by atoms with van der Waals surface area (Å²) < 4.78 is 17.5. The minimum absolute atomic E-state index is 0.232. The van der Waals surface area contributed by atoms with E-state index in [1.807, 2.05) is 33.9 Å². The summed E-state index contributed by atoms with van der Waals surface area (Å²) >= 11 is 0. The summed E-state index contributed by atoms with van der Waals surface area (Å²) in [5.41, 5.74) is 0.996. The fourth-order valence-electron chi connectivity index (χ4n) is 3.54. The average molecular weight is 549 g/mol. The maximum atomic E-state index is 14.0. The van der Waals surface area contributed by atoms with E-state index >= 15 is 0 Å². The summed E-state index contributed by atoms with van der Waals surface area (Å²) in [6.07, 6.45) is -4.22. The first-order valence-corrected chi connectivity index (χ1v) is 15.7. The number of carbonyl (C=O) groups excluding carboxylic acids is 3. The van der Waals surface area contributed by atoms with Crippen LogP contribution < -0.4 is 0 Å². The Morgan fingerprint density at radius 2 is 1.23 bits per heavy atom. The lowest BCUT2D eigenvalue weighted by atomic mass is 9.99. The topological polar surface area (TPSA) is 99.1 Å². The van der Waals surface area contributed by atoms with E-state index in [4.69, 9.17) is 13.9 Å². The van der Waals surface area contributed by atoms with E-state index < -0.39 is 51.0 Å². The predicted octanol–water partition coefficient (Wildman–Crippen LogP) is 5.76. The molecule has 0 amide bonds. The third-order valence-electron chi connectivity index (χ3n) is 6.89. The lowest BCUT2D eigenvalue weighted by Gasteiger charge is -2.40. The van der Waals surface area contributed by atoms with Crippen LogP contribution in [0.4, 0.5) is 0 Å². The fraction of sp³-hybridized carbons (Fsp3) is 0.323. The van der Waals surface area contributed by atoms with Crippen molar-refractivity contribution >= 4 is 26.0 Å². The molecule has 0 aromatic heterocycles. The Kier molecular flexibility index (Phi) is 9.96. The van der Waals surface area contributed by atoms with Gasteiger partial charge in [-0.3, -0.25) is 4.79 Å². The molecule has 7 nitrogen and oxygen atoms in total. The average Bonchev–Trinajstić information content (AvgIpc) is 2.93. The molecule has 3 rings (SSSR count). The number of aliphatic hydroxyl groups is 1. The van der Waals surface area contributed by atoms with E-state index in [0.717, 1.165) is 0 Å². The fourth-order valence-corrected chi connectivity index (χ4v) is 4.77. The molecule has 39 heavy (non-hydrogen) atoms. The summed E-state index contributed by atoms with van der Waals surface area (Å²) in [5, 5.41) is 11.1. The maximum absolute atomic E-state index is 14.0. The molecule has 0 aliphatic carbocycles. The van der Waals surface area contributed by atoms with Gasteiger partial charge in [0.25, 0.3) is 0 Å². The standard InChI is InChI=1S/C31H36O7Si/c1-31(2,3)39(4,5)38-28(26(32)22-15-9-6-10-16-22)27(33)25(37-30(35)24-19-13-8-14-20-24)21-36-29(34)23-17-11-7-12-18-23/h6-20,25-26,28,32H,21H2,1-5H3/t25-,26+,28+/m0/s1. The number of ketones is 1. The molecule has 0 fully saturated rings. The van der Waals surface area contributed by atoms with Gasteiger partial charge in [-0.2, -0.15) is 0 Å². The van der Waals surface area contributed by atoms with Gasteiger partial charge in [-0.25, -0.2) is 9.59 Å². The van der Waals surface area contributed by atoms with E-state index in [1.165, 1.54) is 0 Å². The first-order valence-electron chi connectivity index (χ1n) is 12.8. The van der Waals surface area contributed by atoms with Crippen molar-refractivity contribution in [3.8, 4) is 0 Å². The highest BCUT2D eigenvalue weighted by Crippen LogP contribution is 2.39. The summed E-state index contributed by atoms with van der Waals surface area (Å²) in [7, 11) is -2.60. The number of benzene rings is 3. The zero-order valence-electron chi connectivity index (χ0n) is 23.0. The lowest BCUT2D eigenvalue weighted by Crippen LogP contribution is -2.51. The summed E-state index contributed by atoms with van der Waals surface area (Å²) in [6, 6.07) is 25.2. The Balaban J connectivity index is 1.95. The quantitative estimate of drug-likeness (QED) is 0.240. The summed E-state index contributed by atoms with van der Waals surface area (Å²) in [4.78, 5) is 39.7. The number of carbonyl (C=O) groups is 3. The Bertz CT molecular complexity index is 1240. The lowest BCUT2D eigenvalue weighted by molar-refractivity contribution is -0.143. The van der Waals surface area contributed by atoms with Crippen LogP contribution in [0.5, 0.6) is 0 Å². The molecule has 3 atom stereocenters. The highest BCUT2D eigenvalue weighted by atomic mass is 28.4. The molecule has 0 aliphatic heterocycles. The van der Waals surface area contributed by atoms with Crippen molar-refractivity contribution in [2.24, 2.45) is 0 Å². The highest BCUT2D eigenvalue weighted by molar-refractivity contribution is 6.74. The van der Waals surface area contributed by atoms with E-state index in [9.17, 15) is 19.5 Å². The van der Waals surface area contributed by atoms with Gasteiger partial charge in [-0.05, 0) is 48.0 Å². The van der Waals surface area contributed by atoms with E-state index in [-0.39, 0.29) is 16.2 Å². The number of hydrogen-bond donors (Lipinski definition) is 1. The zero-order valence-corrected chi connectivity index (χ0v) is 24.0. The maximum Gasteiger partial charge on any atom is 0.338 e. The second kappa shape index (κ2) is 13.0. The van der Waals surface area contributed by atoms with E-state index in [1.54, 1.807) is 91.0 Å². The van der Waals surface area contributed by atoms with Crippen molar-refractivity contribution in [1.82, 2.24) is 0 Å². The van der Waals surface area contributed by atoms with Crippen LogP contribution in [0, 0.1) is 0 Å². The number of ether oxygens (including phenoxy) is 2. The van der Waals surface area contributed by atoms with Crippen molar-refractivity contribution in [3.05, 3.63) is 108 Å². The molecule has 0 saturated heterocycles. The summed E-state index contributed by atoms with van der Waals surface area (Å²) in [6.45, 7) is 9.44. The third-order valence-corrected chi connectivity index (χ3v) is 11.3. The van der Waals surface area contributed by atoms with Crippen LogP contribution in [0.1, 0.15) is 53.2 Å². The molecule has 0 radical (unpaired) electrons. The molecule has 1 N–H and O–H groups in total. The van der Waals surface area contributed by atoms with Crippen LogP contribution in [-0.4, -0.2) is 50.0 Å². The van der Waals surface area contributed by atoms with Crippen molar-refractivity contribution < 1.29 is 33.4 Å². The number of hydrogen-bond acceptors (Lipinski definition) is 7. The number of rotatable bonds is 11. The molecule has 206 valence electrons. The van der Waals surface area contributed by atoms with Gasteiger partial charge in [0.15, 0.2) is 14.4 Å². The Morgan fingerprint density at radius 3 is 1.72 bits per heavy atom. The normalized spacial score (nSPS) is 14.1. The Labute approximate surface area is 230 Å². The van der Waals surface area contributed by atoms with E-state index in [0.29, 0.717) is 5.56 Å². The van der Waals surface area contributed by atoms with Gasteiger partial charge >= 0.3 is 11.9 Å². The van der Waals surface area contributed by atoms with Crippen LogP contribution in [0.15, 0.2) is 91.0 Å². The number of esters is 2. The van der Waals surface area contributed by atoms with Gasteiger partial charge in [0.2, 0.25) is 5.78 Å². The van der Waals surface area contributed by atoms with Crippen LogP contribution in [-0.2, 0) is 18.7 Å². The first-order chi connectivity index (χ1) is 18.4. The van der Waals surface area contributed by atoms with Gasteiger partial charge in [0.05, 0.1) is 11.1 Å². The van der Waals surface area contributed by atoms with E-state index in [2.05, 4.69) is 0 Å². The molecule has 0 unspecified atom stereocenters. The van der Waals surface area contributed by atoms with Gasteiger partial charge in [0, 0.05) is 0 Å². The Morgan fingerprint density at radius 1 is 0.769 bits per heavy atom. The minimum Gasteiger partial charge on any atom is -0.458 e. The van der Waals surface area contributed by atoms with Gasteiger partial charge in [-0.1, -0.05) is 87.5 Å². The molecule has 0 saturated carbocycles. The molecular formula is C31H36O7Si. The van der Waals surface area contributed by atoms with Crippen molar-refractivity contribution in [2.45, 2.75) is 57.2 Å². The molecule has 3 aromatic carbocycles. The monoisotopic (exact) mass is 548 g/mol. The highest BCUT2D eigenvalue weighted by Gasteiger charge is 2.45. The van der Waals surface area contributed by atoms with Crippen molar-refractivity contribution in [1.29, 1.82) is 0 Å². The predicted molar refractivity (Wildman–Crippen MR) is 151 cm³/mol. The van der Waals surface area contributed by atoms with Gasteiger partial charge in [-0.15, -0.1) is 0 Å². The van der Waals surface area contributed by atoms with Crippen molar-refractivity contribution in [3.63, 3.8) is 0 Å². The number of aliphatic hydroxyl groups excluding tert-OH is 1. The van der Waals surface area contributed by atoms with Crippen molar-refractivity contribution in [2.75, 3.05) is 6.61 Å². The molecule has 0 aliphatic rings. The largest absolute Gasteiger partial charge is 0.458 e. The van der Waals surface area contributed by atoms with Crippen LogP contribution in [0.3, 0.4) is 0 Å². The molecule has 8 heteroatoms. The minimum atomic E-state index is -2.60. The van der Waals surface area contributed by atoms with Crippen LogP contribution >= 0.6 is 0 Å². The zero-order chi connectivity index (χ0) is 28.6. The first kappa shape index (κ1) is 30.0. The third kappa shape index (κ3) is 7.95. The molecular weight excluding hydrogens is 512 g/mol. The molecule has 3 aromatic rings. The number of Topliss-reactive ketones (excluding diaryl/α,β-unsaturated/α-hetero) is 1. The van der Waals surface area contributed by atoms with Gasteiger partial charge in [0.1, 0.15) is 18.8 Å². The van der Waals surface area contributed by atoms with Gasteiger partial charge < -0.3 is 19.0 Å². The second-order valence-electron chi connectivity index (χ2n) is 10.8. The smallest absolute Gasteiger partial charge is 0.338 e. The van der Waals surface area contributed by atoms with Crippen LogP contribution in [0.2, 0.25) is 18.1 Å². The molecule has 0 heterocycles. The summed E-state index contributed by atoms with van der Waals surface area (Å²) in [5.74, 6) is -2.12. The SMILES string of the molecule is CC(C)(C)[Si](C)(C)O[C@@H](C(=O)[C@H](COC(=O)c1ccccc1)OC(=O)c1ccccc1)[C@H](O)c1ccccc1. The second-order valence-corrected chi connectivity index (χ2v) is 15.5. The molecule has 0 spiro atoms. The molecule has 0 bridgehead atoms. The van der Waals surface area contributed by atoms with Crippen LogP contribution in [0.25, 0.3) is 0 Å².